The highest BCUT2D eigenvalue weighted by Crippen LogP contribution is 2.36. The number of ether oxygens (including phenoxy) is 1. The minimum absolute atomic E-state index is 0.683. The van der Waals surface area contributed by atoms with Gasteiger partial charge in [0.25, 0.3) is 0 Å². The van der Waals surface area contributed by atoms with Gasteiger partial charge in [-0.1, -0.05) is 15.9 Å². The van der Waals surface area contributed by atoms with Gasteiger partial charge in [-0.25, -0.2) is 4.98 Å². The molecule has 0 amide bonds. The van der Waals surface area contributed by atoms with E-state index >= 15 is 0 Å². The summed E-state index contributed by atoms with van der Waals surface area (Å²) in [6.07, 6.45) is 7.50. The molecule has 1 aromatic heterocycles. The molecule has 2 aromatic rings. The summed E-state index contributed by atoms with van der Waals surface area (Å²) in [5, 5.41) is 3.52. The Hall–Kier alpha value is -1.33. The molecule has 21 heavy (non-hydrogen) atoms. The fraction of sp³-hybridized carbons (Fsp3) is 0.438. The van der Waals surface area contributed by atoms with Gasteiger partial charge in [-0.2, -0.15) is 0 Å². The van der Waals surface area contributed by atoms with Crippen molar-refractivity contribution in [3.05, 3.63) is 46.0 Å². The lowest BCUT2D eigenvalue weighted by Gasteiger charge is -2.11. The third-order valence-electron chi connectivity index (χ3n) is 4.13. The zero-order valence-electron chi connectivity index (χ0n) is 11.8. The molecule has 1 fully saturated rings. The lowest BCUT2D eigenvalue weighted by Crippen LogP contribution is -2.16. The molecule has 0 bridgehead atoms. The van der Waals surface area contributed by atoms with Crippen LogP contribution in [0.2, 0.25) is 0 Å². The maximum atomic E-state index is 5.77. The van der Waals surface area contributed by atoms with Crippen LogP contribution in [0.5, 0.6) is 5.75 Å². The van der Waals surface area contributed by atoms with E-state index in [1.807, 2.05) is 12.5 Å². The number of benzene rings is 1. The molecule has 1 saturated carbocycles. The van der Waals surface area contributed by atoms with Crippen molar-refractivity contribution in [3.8, 4) is 5.75 Å². The zero-order chi connectivity index (χ0) is 14.2. The molecule has 0 radical (unpaired) electrons. The van der Waals surface area contributed by atoms with E-state index in [0.717, 1.165) is 36.3 Å². The Balaban J connectivity index is 1.44. The molecule has 4 rings (SSSR count). The monoisotopic (exact) mass is 347 g/mol. The SMILES string of the molecule is Brc1cc2c(c(CNCc3cncn3C3CC3)c1)OCC2. The number of nitrogens with one attached hydrogen (secondary N) is 1. The van der Waals surface area contributed by atoms with E-state index in [0.29, 0.717) is 6.04 Å². The van der Waals surface area contributed by atoms with Crippen LogP contribution in [0.4, 0.5) is 0 Å². The van der Waals surface area contributed by atoms with Gasteiger partial charge in [0, 0.05) is 41.8 Å². The Morgan fingerprint density at radius 2 is 2.24 bits per heavy atom. The third kappa shape index (κ3) is 2.72. The third-order valence-corrected chi connectivity index (χ3v) is 4.59. The predicted octanol–water partition coefficient (Wildman–Crippen LogP) is 3.21. The minimum Gasteiger partial charge on any atom is -0.493 e. The molecule has 1 aliphatic carbocycles. The van der Waals surface area contributed by atoms with Gasteiger partial charge in [0.1, 0.15) is 5.75 Å². The predicted molar refractivity (Wildman–Crippen MR) is 84.4 cm³/mol. The van der Waals surface area contributed by atoms with Gasteiger partial charge in [0.15, 0.2) is 0 Å². The largest absolute Gasteiger partial charge is 0.493 e. The molecule has 110 valence electrons. The van der Waals surface area contributed by atoms with E-state index in [2.05, 4.69) is 42.9 Å². The van der Waals surface area contributed by atoms with E-state index in [1.165, 1.54) is 29.7 Å². The van der Waals surface area contributed by atoms with Crippen molar-refractivity contribution in [2.45, 2.75) is 38.4 Å². The Morgan fingerprint density at radius 1 is 1.33 bits per heavy atom. The van der Waals surface area contributed by atoms with Crippen LogP contribution in [0.25, 0.3) is 0 Å². The fourth-order valence-electron chi connectivity index (χ4n) is 2.95. The lowest BCUT2D eigenvalue weighted by molar-refractivity contribution is 0.352. The van der Waals surface area contributed by atoms with Gasteiger partial charge < -0.3 is 14.6 Å². The van der Waals surface area contributed by atoms with E-state index in [1.54, 1.807) is 0 Å². The van der Waals surface area contributed by atoms with Crippen LogP contribution >= 0.6 is 15.9 Å². The van der Waals surface area contributed by atoms with Crippen LogP contribution in [-0.2, 0) is 19.5 Å². The summed E-state index contributed by atoms with van der Waals surface area (Å²) >= 11 is 3.59. The second kappa shape index (κ2) is 5.46. The van der Waals surface area contributed by atoms with Crippen LogP contribution in [0.3, 0.4) is 0 Å². The van der Waals surface area contributed by atoms with E-state index < -0.39 is 0 Å². The van der Waals surface area contributed by atoms with Crippen molar-refractivity contribution in [1.82, 2.24) is 14.9 Å². The van der Waals surface area contributed by atoms with E-state index in [4.69, 9.17) is 4.74 Å². The molecule has 0 atom stereocenters. The Kier molecular flexibility index (Phi) is 3.47. The van der Waals surface area contributed by atoms with Gasteiger partial charge >= 0.3 is 0 Å². The van der Waals surface area contributed by atoms with Crippen molar-refractivity contribution in [2.24, 2.45) is 0 Å². The van der Waals surface area contributed by atoms with Gasteiger partial charge in [0.05, 0.1) is 18.6 Å². The quantitative estimate of drug-likeness (QED) is 0.902. The molecule has 2 aliphatic rings. The van der Waals surface area contributed by atoms with Crippen molar-refractivity contribution in [1.29, 1.82) is 0 Å². The first-order chi connectivity index (χ1) is 10.3. The molecule has 2 heterocycles. The molecular weight excluding hydrogens is 330 g/mol. The van der Waals surface area contributed by atoms with Crippen LogP contribution < -0.4 is 10.1 Å². The number of fused-ring (bicyclic) bond motifs is 1. The van der Waals surface area contributed by atoms with Gasteiger partial charge in [0.2, 0.25) is 0 Å². The number of imidazole rings is 1. The Bertz CT molecular complexity index is 664. The standard InChI is InChI=1S/C16H18BrN3O/c17-13-5-11-3-4-21-16(11)12(6-13)7-18-8-15-9-19-10-20(15)14-1-2-14/h5-6,9-10,14,18H,1-4,7-8H2. The Morgan fingerprint density at radius 3 is 3.10 bits per heavy atom. The smallest absolute Gasteiger partial charge is 0.127 e. The summed E-state index contributed by atoms with van der Waals surface area (Å²) in [4.78, 5) is 4.27. The van der Waals surface area contributed by atoms with Crippen LogP contribution in [-0.4, -0.2) is 16.2 Å². The fourth-order valence-corrected chi connectivity index (χ4v) is 3.51. The average molecular weight is 348 g/mol. The molecule has 1 aromatic carbocycles. The maximum Gasteiger partial charge on any atom is 0.127 e. The highest BCUT2D eigenvalue weighted by atomic mass is 79.9. The van der Waals surface area contributed by atoms with E-state index in [-0.39, 0.29) is 0 Å². The van der Waals surface area contributed by atoms with Crippen molar-refractivity contribution >= 4 is 15.9 Å². The molecule has 0 spiro atoms. The highest BCUT2D eigenvalue weighted by molar-refractivity contribution is 9.10. The lowest BCUT2D eigenvalue weighted by atomic mass is 10.1. The number of nitrogens with zero attached hydrogens (tertiary/aromatic N) is 2. The second-order valence-electron chi connectivity index (χ2n) is 5.78. The van der Waals surface area contributed by atoms with Crippen LogP contribution in [0.15, 0.2) is 29.1 Å². The van der Waals surface area contributed by atoms with Gasteiger partial charge in [-0.3, -0.25) is 0 Å². The average Bonchev–Trinajstić information content (AvgIpc) is 3.01. The van der Waals surface area contributed by atoms with Crippen LogP contribution in [0, 0.1) is 0 Å². The van der Waals surface area contributed by atoms with Gasteiger partial charge in [-0.15, -0.1) is 0 Å². The molecular formula is C16H18BrN3O. The molecule has 1 N–H and O–H groups in total. The van der Waals surface area contributed by atoms with Gasteiger partial charge in [-0.05, 0) is 30.5 Å². The number of hydrogen-bond donors (Lipinski definition) is 1. The first-order valence-electron chi connectivity index (χ1n) is 7.47. The zero-order valence-corrected chi connectivity index (χ0v) is 13.4. The molecule has 0 unspecified atom stereocenters. The topological polar surface area (TPSA) is 39.1 Å². The second-order valence-corrected chi connectivity index (χ2v) is 6.69. The highest BCUT2D eigenvalue weighted by Gasteiger charge is 2.25. The molecule has 5 heteroatoms. The number of aromatic nitrogens is 2. The Labute approximate surface area is 132 Å². The first-order valence-corrected chi connectivity index (χ1v) is 8.26. The van der Waals surface area contributed by atoms with Crippen molar-refractivity contribution < 1.29 is 4.74 Å². The summed E-state index contributed by atoms with van der Waals surface area (Å²) in [6, 6.07) is 4.99. The summed E-state index contributed by atoms with van der Waals surface area (Å²) in [6.45, 7) is 2.46. The number of rotatable bonds is 5. The first kappa shape index (κ1) is 13.3. The maximum absolute atomic E-state index is 5.77. The normalized spacial score (nSPS) is 16.8. The summed E-state index contributed by atoms with van der Waals surface area (Å²) < 4.78 is 9.20. The molecule has 1 aliphatic heterocycles. The molecule has 4 nitrogen and oxygen atoms in total. The molecule has 0 saturated heterocycles. The summed E-state index contributed by atoms with van der Waals surface area (Å²) in [7, 11) is 0. The minimum atomic E-state index is 0.683. The summed E-state index contributed by atoms with van der Waals surface area (Å²) in [5.74, 6) is 1.07. The number of halogens is 1. The van der Waals surface area contributed by atoms with Crippen molar-refractivity contribution in [3.63, 3.8) is 0 Å². The number of hydrogen-bond acceptors (Lipinski definition) is 3. The summed E-state index contributed by atoms with van der Waals surface area (Å²) in [5.41, 5.74) is 3.81. The van der Waals surface area contributed by atoms with E-state index in [9.17, 15) is 0 Å². The van der Waals surface area contributed by atoms with Crippen LogP contribution in [0.1, 0.15) is 35.7 Å². The van der Waals surface area contributed by atoms with Crippen molar-refractivity contribution in [2.75, 3.05) is 6.61 Å².